The standard InChI is InChI=1S/C22H17FN4OS/c1-15-13-20(25-21(28)12-7-16-5-3-2-4-6-16)27(26-15)22-24-19(14-29-22)17-8-10-18(23)11-9-17/h2-14H,1H3,(H,25,28). The van der Waals surface area contributed by atoms with Crippen LogP contribution in [0.5, 0.6) is 0 Å². The summed E-state index contributed by atoms with van der Waals surface area (Å²) in [5, 5.41) is 9.77. The molecule has 0 aliphatic heterocycles. The Kier molecular flexibility index (Phi) is 5.31. The first kappa shape index (κ1) is 18.8. The van der Waals surface area contributed by atoms with Crippen LogP contribution in [0.1, 0.15) is 11.3 Å². The van der Waals surface area contributed by atoms with Crippen molar-refractivity contribution in [2.24, 2.45) is 0 Å². The maximum atomic E-state index is 13.1. The van der Waals surface area contributed by atoms with E-state index < -0.39 is 0 Å². The van der Waals surface area contributed by atoms with Crippen molar-refractivity contribution in [1.29, 1.82) is 0 Å². The van der Waals surface area contributed by atoms with Crippen LogP contribution in [0, 0.1) is 12.7 Å². The Morgan fingerprint density at radius 3 is 2.66 bits per heavy atom. The minimum Gasteiger partial charge on any atom is -0.307 e. The van der Waals surface area contributed by atoms with Gasteiger partial charge in [0.15, 0.2) is 0 Å². The lowest BCUT2D eigenvalue weighted by molar-refractivity contribution is -0.111. The molecule has 1 amide bonds. The van der Waals surface area contributed by atoms with Crippen molar-refractivity contribution in [2.45, 2.75) is 6.92 Å². The number of amides is 1. The van der Waals surface area contributed by atoms with E-state index in [2.05, 4.69) is 15.4 Å². The van der Waals surface area contributed by atoms with Gasteiger partial charge in [-0.15, -0.1) is 11.3 Å². The largest absolute Gasteiger partial charge is 0.307 e. The molecule has 0 aliphatic rings. The second kappa shape index (κ2) is 8.20. The van der Waals surface area contributed by atoms with E-state index in [1.54, 1.807) is 29.0 Å². The highest BCUT2D eigenvalue weighted by atomic mass is 32.1. The maximum absolute atomic E-state index is 13.1. The van der Waals surface area contributed by atoms with Gasteiger partial charge in [-0.1, -0.05) is 30.3 Å². The van der Waals surface area contributed by atoms with Gasteiger partial charge in [0.2, 0.25) is 11.0 Å². The molecule has 4 aromatic rings. The van der Waals surface area contributed by atoms with Gasteiger partial charge in [0.1, 0.15) is 11.6 Å². The first-order valence-electron chi connectivity index (χ1n) is 8.91. The number of thiazole rings is 1. The highest BCUT2D eigenvalue weighted by Gasteiger charge is 2.13. The number of anilines is 1. The van der Waals surface area contributed by atoms with Crippen molar-refractivity contribution in [3.05, 3.63) is 89.2 Å². The number of halogens is 1. The van der Waals surface area contributed by atoms with E-state index in [0.717, 1.165) is 22.5 Å². The Hall–Kier alpha value is -3.58. The average molecular weight is 404 g/mol. The molecule has 0 unspecified atom stereocenters. The minimum atomic E-state index is -0.291. The van der Waals surface area contributed by atoms with E-state index in [0.29, 0.717) is 10.9 Å². The van der Waals surface area contributed by atoms with Gasteiger partial charge in [-0.05, 0) is 42.8 Å². The molecule has 5 nitrogen and oxygen atoms in total. The Bertz CT molecular complexity index is 1160. The van der Waals surface area contributed by atoms with Crippen molar-refractivity contribution in [3.8, 4) is 16.4 Å². The maximum Gasteiger partial charge on any atom is 0.249 e. The zero-order chi connectivity index (χ0) is 20.2. The topological polar surface area (TPSA) is 59.8 Å². The van der Waals surface area contributed by atoms with Gasteiger partial charge in [0.05, 0.1) is 11.4 Å². The molecule has 1 N–H and O–H groups in total. The van der Waals surface area contributed by atoms with E-state index >= 15 is 0 Å². The molecule has 0 saturated carbocycles. The molecule has 144 valence electrons. The third kappa shape index (κ3) is 4.47. The summed E-state index contributed by atoms with van der Waals surface area (Å²) in [6, 6.07) is 17.5. The van der Waals surface area contributed by atoms with Gasteiger partial charge in [-0.2, -0.15) is 9.78 Å². The quantitative estimate of drug-likeness (QED) is 0.471. The van der Waals surface area contributed by atoms with E-state index in [4.69, 9.17) is 0 Å². The first-order valence-corrected chi connectivity index (χ1v) is 9.79. The molecule has 0 radical (unpaired) electrons. The van der Waals surface area contributed by atoms with Crippen LogP contribution >= 0.6 is 11.3 Å². The van der Waals surface area contributed by atoms with Crippen LogP contribution in [0.15, 0.2) is 72.1 Å². The smallest absolute Gasteiger partial charge is 0.249 e. The normalized spacial score (nSPS) is 11.1. The zero-order valence-electron chi connectivity index (χ0n) is 15.5. The lowest BCUT2D eigenvalue weighted by Crippen LogP contribution is -2.12. The third-order valence-electron chi connectivity index (χ3n) is 4.12. The number of benzene rings is 2. The minimum absolute atomic E-state index is 0.259. The lowest BCUT2D eigenvalue weighted by Gasteiger charge is -2.04. The van der Waals surface area contributed by atoms with Crippen LogP contribution < -0.4 is 5.32 Å². The van der Waals surface area contributed by atoms with Crippen molar-refractivity contribution in [3.63, 3.8) is 0 Å². The van der Waals surface area contributed by atoms with Crippen LogP contribution in [0.25, 0.3) is 22.5 Å². The second-order valence-corrected chi connectivity index (χ2v) is 7.17. The number of rotatable bonds is 5. The molecule has 29 heavy (non-hydrogen) atoms. The first-order chi connectivity index (χ1) is 14.1. The number of nitrogens with one attached hydrogen (secondary N) is 1. The molecule has 4 rings (SSSR count). The Labute approximate surface area is 171 Å². The number of nitrogens with zero attached hydrogens (tertiary/aromatic N) is 3. The summed E-state index contributed by atoms with van der Waals surface area (Å²) in [5.74, 6) is -0.0176. The van der Waals surface area contributed by atoms with Crippen molar-refractivity contribution in [1.82, 2.24) is 14.8 Å². The summed E-state index contributed by atoms with van der Waals surface area (Å²) in [7, 11) is 0. The summed E-state index contributed by atoms with van der Waals surface area (Å²) in [6.45, 7) is 1.85. The fourth-order valence-corrected chi connectivity index (χ4v) is 3.55. The number of hydrogen-bond donors (Lipinski definition) is 1. The molecule has 2 heterocycles. The molecule has 0 bridgehead atoms. The molecule has 0 aliphatic carbocycles. The second-order valence-electron chi connectivity index (χ2n) is 6.34. The number of aryl methyl sites for hydroxylation is 1. The molecule has 0 fully saturated rings. The number of carbonyl (C=O) groups is 1. The molecule has 7 heteroatoms. The molecular weight excluding hydrogens is 387 g/mol. The van der Waals surface area contributed by atoms with Crippen LogP contribution in [-0.2, 0) is 4.79 Å². The molecule has 0 saturated heterocycles. The van der Waals surface area contributed by atoms with Crippen LogP contribution in [-0.4, -0.2) is 20.7 Å². The molecule has 2 aromatic carbocycles. The van der Waals surface area contributed by atoms with Crippen LogP contribution in [0.2, 0.25) is 0 Å². The molecule has 2 aromatic heterocycles. The van der Waals surface area contributed by atoms with E-state index in [1.165, 1.54) is 29.5 Å². The Balaban J connectivity index is 1.55. The predicted octanol–water partition coefficient (Wildman–Crippen LogP) is 5.10. The molecular formula is C22H17FN4OS. The fourth-order valence-electron chi connectivity index (χ4n) is 2.75. The highest BCUT2D eigenvalue weighted by molar-refractivity contribution is 7.12. The van der Waals surface area contributed by atoms with Crippen LogP contribution in [0.3, 0.4) is 0 Å². The van der Waals surface area contributed by atoms with Crippen molar-refractivity contribution < 1.29 is 9.18 Å². The monoisotopic (exact) mass is 404 g/mol. The summed E-state index contributed by atoms with van der Waals surface area (Å²) in [6.07, 6.45) is 3.23. The summed E-state index contributed by atoms with van der Waals surface area (Å²) >= 11 is 1.39. The number of carbonyl (C=O) groups excluding carboxylic acids is 1. The van der Waals surface area contributed by atoms with Crippen molar-refractivity contribution >= 4 is 29.1 Å². The highest BCUT2D eigenvalue weighted by Crippen LogP contribution is 2.26. The Morgan fingerprint density at radius 2 is 1.90 bits per heavy atom. The van der Waals surface area contributed by atoms with Gasteiger partial charge in [-0.25, -0.2) is 9.37 Å². The zero-order valence-corrected chi connectivity index (χ0v) is 16.4. The SMILES string of the molecule is Cc1cc(NC(=O)C=Cc2ccccc2)n(-c2nc(-c3ccc(F)cc3)cs2)n1. The fraction of sp³-hybridized carbons (Fsp3) is 0.0455. The third-order valence-corrected chi connectivity index (χ3v) is 4.94. The number of aromatic nitrogens is 3. The lowest BCUT2D eigenvalue weighted by atomic mass is 10.2. The molecule has 0 spiro atoms. The van der Waals surface area contributed by atoms with E-state index in [9.17, 15) is 9.18 Å². The van der Waals surface area contributed by atoms with Gasteiger partial charge in [0, 0.05) is 23.1 Å². The van der Waals surface area contributed by atoms with Gasteiger partial charge >= 0.3 is 0 Å². The Morgan fingerprint density at radius 1 is 1.14 bits per heavy atom. The van der Waals surface area contributed by atoms with Crippen LogP contribution in [0.4, 0.5) is 10.2 Å². The summed E-state index contributed by atoms with van der Waals surface area (Å²) in [5.41, 5.74) is 3.23. The van der Waals surface area contributed by atoms with Gasteiger partial charge < -0.3 is 5.32 Å². The summed E-state index contributed by atoms with van der Waals surface area (Å²) in [4.78, 5) is 16.9. The summed E-state index contributed by atoms with van der Waals surface area (Å²) < 4.78 is 14.7. The van der Waals surface area contributed by atoms with Crippen molar-refractivity contribution in [2.75, 3.05) is 5.32 Å². The van der Waals surface area contributed by atoms with Gasteiger partial charge in [-0.3, -0.25) is 4.79 Å². The number of hydrogen-bond acceptors (Lipinski definition) is 4. The average Bonchev–Trinajstić information content (AvgIpc) is 3.34. The van der Waals surface area contributed by atoms with E-state index in [1.807, 2.05) is 42.6 Å². The van der Waals surface area contributed by atoms with Gasteiger partial charge in [0.25, 0.3) is 0 Å². The van der Waals surface area contributed by atoms with E-state index in [-0.39, 0.29) is 11.7 Å². The predicted molar refractivity (Wildman–Crippen MR) is 113 cm³/mol. The molecule has 0 atom stereocenters.